The Morgan fingerprint density at radius 1 is 1.31 bits per heavy atom. The minimum Gasteiger partial charge on any atom is -0.311 e. The summed E-state index contributed by atoms with van der Waals surface area (Å²) in [6.07, 6.45) is 5.96. The zero-order valence-corrected chi connectivity index (χ0v) is 9.93. The van der Waals surface area contributed by atoms with Gasteiger partial charge < -0.3 is 5.32 Å². The van der Waals surface area contributed by atoms with Crippen LogP contribution in [0.2, 0.25) is 0 Å². The van der Waals surface area contributed by atoms with Crippen molar-refractivity contribution in [2.75, 3.05) is 6.54 Å². The van der Waals surface area contributed by atoms with Crippen LogP contribution < -0.4 is 5.32 Å². The third-order valence-electron chi connectivity index (χ3n) is 3.52. The summed E-state index contributed by atoms with van der Waals surface area (Å²) in [6, 6.07) is 6.94. The van der Waals surface area contributed by atoms with E-state index in [1.54, 1.807) is 12.1 Å². The molecule has 0 bridgehead atoms. The smallest absolute Gasteiger partial charge is 0.123 e. The van der Waals surface area contributed by atoms with Gasteiger partial charge in [0, 0.05) is 5.54 Å². The van der Waals surface area contributed by atoms with Gasteiger partial charge in [-0.1, -0.05) is 25.5 Å². The van der Waals surface area contributed by atoms with Crippen LogP contribution in [0.4, 0.5) is 4.39 Å². The average Bonchev–Trinajstić information content (AvgIpc) is 2.71. The summed E-state index contributed by atoms with van der Waals surface area (Å²) in [5.41, 5.74) is 1.51. The van der Waals surface area contributed by atoms with Gasteiger partial charge in [-0.2, -0.15) is 0 Å². The molecule has 1 N–H and O–H groups in total. The molecule has 1 fully saturated rings. The van der Waals surface area contributed by atoms with Crippen molar-refractivity contribution < 1.29 is 4.39 Å². The highest BCUT2D eigenvalue weighted by Gasteiger charge is 2.32. The molecule has 0 saturated carbocycles. The summed E-state index contributed by atoms with van der Waals surface area (Å²) in [4.78, 5) is 0. The molecule has 2 heteroatoms. The van der Waals surface area contributed by atoms with Crippen LogP contribution in [0.25, 0.3) is 0 Å². The van der Waals surface area contributed by atoms with Gasteiger partial charge in [-0.05, 0) is 49.9 Å². The van der Waals surface area contributed by atoms with Gasteiger partial charge >= 0.3 is 0 Å². The first kappa shape index (κ1) is 11.6. The van der Waals surface area contributed by atoms with E-state index in [2.05, 4.69) is 12.2 Å². The fraction of sp³-hybridized carbons (Fsp3) is 0.571. The lowest BCUT2D eigenvalue weighted by atomic mass is 9.85. The van der Waals surface area contributed by atoms with Crippen LogP contribution in [0.5, 0.6) is 0 Å². The molecule has 0 amide bonds. The molecule has 1 aromatic rings. The van der Waals surface area contributed by atoms with Crippen LogP contribution in [0.3, 0.4) is 0 Å². The number of rotatable bonds is 4. The molecule has 1 heterocycles. The van der Waals surface area contributed by atoms with Crippen LogP contribution in [-0.2, 0) is 6.42 Å². The summed E-state index contributed by atoms with van der Waals surface area (Å²) in [6.45, 7) is 3.35. The molecule has 2 rings (SSSR count). The number of halogens is 1. The quantitative estimate of drug-likeness (QED) is 0.822. The van der Waals surface area contributed by atoms with Gasteiger partial charge in [0.15, 0.2) is 0 Å². The zero-order valence-electron chi connectivity index (χ0n) is 9.93. The van der Waals surface area contributed by atoms with Crippen LogP contribution in [0, 0.1) is 5.82 Å². The first-order valence-corrected chi connectivity index (χ1v) is 6.24. The lowest BCUT2D eigenvalue weighted by Gasteiger charge is -2.29. The van der Waals surface area contributed by atoms with Gasteiger partial charge in [-0.15, -0.1) is 0 Å². The Bertz CT molecular complexity index is 325. The van der Waals surface area contributed by atoms with E-state index < -0.39 is 0 Å². The van der Waals surface area contributed by atoms with Crippen molar-refractivity contribution in [3.63, 3.8) is 0 Å². The fourth-order valence-electron chi connectivity index (χ4n) is 2.79. The SMILES string of the molecule is CCCC1(Cc2ccc(F)cc2)CCCN1. The predicted octanol–water partition coefficient (Wildman–Crippen LogP) is 3.29. The number of hydrogen-bond acceptors (Lipinski definition) is 1. The van der Waals surface area contributed by atoms with E-state index in [4.69, 9.17) is 0 Å². The van der Waals surface area contributed by atoms with E-state index >= 15 is 0 Å². The maximum atomic E-state index is 12.8. The Morgan fingerprint density at radius 3 is 2.62 bits per heavy atom. The largest absolute Gasteiger partial charge is 0.311 e. The molecular formula is C14H20FN. The molecular weight excluding hydrogens is 201 g/mol. The number of hydrogen-bond donors (Lipinski definition) is 1. The number of nitrogens with one attached hydrogen (secondary N) is 1. The van der Waals surface area contributed by atoms with Crippen molar-refractivity contribution in [2.24, 2.45) is 0 Å². The fourth-order valence-corrected chi connectivity index (χ4v) is 2.79. The molecule has 88 valence electrons. The maximum absolute atomic E-state index is 12.8. The lowest BCUT2D eigenvalue weighted by Crippen LogP contribution is -2.41. The Labute approximate surface area is 97.1 Å². The summed E-state index contributed by atoms with van der Waals surface area (Å²) >= 11 is 0. The summed E-state index contributed by atoms with van der Waals surface area (Å²) in [7, 11) is 0. The molecule has 1 nitrogen and oxygen atoms in total. The first-order chi connectivity index (χ1) is 7.74. The highest BCUT2D eigenvalue weighted by atomic mass is 19.1. The van der Waals surface area contributed by atoms with Crippen LogP contribution >= 0.6 is 0 Å². The lowest BCUT2D eigenvalue weighted by molar-refractivity contribution is 0.342. The second-order valence-corrected chi connectivity index (χ2v) is 4.86. The van der Waals surface area contributed by atoms with E-state index in [-0.39, 0.29) is 11.4 Å². The first-order valence-electron chi connectivity index (χ1n) is 6.24. The topological polar surface area (TPSA) is 12.0 Å². The molecule has 1 aliphatic rings. The Hall–Kier alpha value is -0.890. The Morgan fingerprint density at radius 2 is 2.06 bits per heavy atom. The van der Waals surface area contributed by atoms with Gasteiger partial charge in [0.05, 0.1) is 0 Å². The van der Waals surface area contributed by atoms with Gasteiger partial charge in [-0.25, -0.2) is 4.39 Å². The van der Waals surface area contributed by atoms with Crippen LogP contribution in [0.15, 0.2) is 24.3 Å². The standard InChI is InChI=1S/C14H20FN/c1-2-8-14(9-3-10-16-14)11-12-4-6-13(15)7-5-12/h4-7,16H,2-3,8-11H2,1H3. The monoisotopic (exact) mass is 221 g/mol. The van der Waals surface area contributed by atoms with E-state index in [0.717, 1.165) is 13.0 Å². The molecule has 1 unspecified atom stereocenters. The molecule has 0 aliphatic carbocycles. The Balaban J connectivity index is 2.08. The molecule has 1 atom stereocenters. The molecule has 1 aromatic carbocycles. The molecule has 0 aromatic heterocycles. The van der Waals surface area contributed by atoms with Crippen molar-refractivity contribution in [3.05, 3.63) is 35.6 Å². The van der Waals surface area contributed by atoms with E-state index in [0.29, 0.717) is 0 Å². The van der Waals surface area contributed by atoms with Crippen LogP contribution in [-0.4, -0.2) is 12.1 Å². The normalized spacial score (nSPS) is 24.9. The van der Waals surface area contributed by atoms with Crippen LogP contribution in [0.1, 0.15) is 38.2 Å². The van der Waals surface area contributed by atoms with Crippen molar-refractivity contribution in [3.8, 4) is 0 Å². The van der Waals surface area contributed by atoms with Crippen molar-refractivity contribution >= 4 is 0 Å². The molecule has 0 spiro atoms. The molecule has 16 heavy (non-hydrogen) atoms. The van der Waals surface area contributed by atoms with Gasteiger partial charge in [0.2, 0.25) is 0 Å². The van der Waals surface area contributed by atoms with Gasteiger partial charge in [-0.3, -0.25) is 0 Å². The summed E-state index contributed by atoms with van der Waals surface area (Å²) in [5.74, 6) is -0.146. The predicted molar refractivity (Wildman–Crippen MR) is 65.0 cm³/mol. The highest BCUT2D eigenvalue weighted by molar-refractivity contribution is 5.19. The minimum atomic E-state index is -0.146. The molecule has 1 aliphatic heterocycles. The van der Waals surface area contributed by atoms with Crippen molar-refractivity contribution in [1.82, 2.24) is 5.32 Å². The third-order valence-corrected chi connectivity index (χ3v) is 3.52. The molecule has 1 saturated heterocycles. The third kappa shape index (κ3) is 2.62. The van der Waals surface area contributed by atoms with Gasteiger partial charge in [0.1, 0.15) is 5.82 Å². The van der Waals surface area contributed by atoms with E-state index in [1.165, 1.54) is 31.2 Å². The Kier molecular flexibility index (Phi) is 3.59. The summed E-state index contributed by atoms with van der Waals surface area (Å²) in [5, 5.41) is 3.64. The van der Waals surface area contributed by atoms with E-state index in [9.17, 15) is 4.39 Å². The van der Waals surface area contributed by atoms with Crippen molar-refractivity contribution in [2.45, 2.75) is 44.6 Å². The van der Waals surface area contributed by atoms with Crippen molar-refractivity contribution in [1.29, 1.82) is 0 Å². The maximum Gasteiger partial charge on any atom is 0.123 e. The van der Waals surface area contributed by atoms with E-state index in [1.807, 2.05) is 12.1 Å². The highest BCUT2D eigenvalue weighted by Crippen LogP contribution is 2.28. The molecule has 0 radical (unpaired) electrons. The second kappa shape index (κ2) is 4.96. The summed E-state index contributed by atoms with van der Waals surface area (Å²) < 4.78 is 12.8. The average molecular weight is 221 g/mol. The minimum absolute atomic E-state index is 0.146. The number of benzene rings is 1. The van der Waals surface area contributed by atoms with Gasteiger partial charge in [0.25, 0.3) is 0 Å². The zero-order chi connectivity index (χ0) is 11.4. The second-order valence-electron chi connectivity index (χ2n) is 4.86.